The summed E-state index contributed by atoms with van der Waals surface area (Å²) in [5, 5.41) is 2.96. The zero-order chi connectivity index (χ0) is 19.2. The van der Waals surface area contributed by atoms with Crippen LogP contribution >= 0.6 is 0 Å². The maximum absolute atomic E-state index is 12.0. The Bertz CT molecular complexity index is 604. The van der Waals surface area contributed by atoms with Gasteiger partial charge >= 0.3 is 11.9 Å². The van der Waals surface area contributed by atoms with Crippen molar-refractivity contribution >= 4 is 11.9 Å². The van der Waals surface area contributed by atoms with Crippen LogP contribution in [0.15, 0.2) is 0 Å². The Hall–Kier alpha value is -1.06. The normalized spacial score (nSPS) is 46.0. The van der Waals surface area contributed by atoms with Gasteiger partial charge in [0.15, 0.2) is 0 Å². The third kappa shape index (κ3) is 3.21. The maximum Gasteiger partial charge on any atom is 0.396 e. The van der Waals surface area contributed by atoms with Crippen molar-refractivity contribution in [2.75, 3.05) is 6.61 Å². The zero-order valence-corrected chi connectivity index (χ0v) is 17.4. The van der Waals surface area contributed by atoms with E-state index in [0.717, 1.165) is 30.6 Å². The fourth-order valence-corrected chi connectivity index (χ4v) is 7.82. The first-order chi connectivity index (χ1) is 12.9. The van der Waals surface area contributed by atoms with Crippen molar-refractivity contribution in [2.45, 2.75) is 91.0 Å². The lowest BCUT2D eigenvalue weighted by atomic mass is 9.45. The highest BCUT2D eigenvalue weighted by Gasteiger charge is 2.57. The molecule has 4 aliphatic carbocycles. The predicted molar refractivity (Wildman–Crippen MR) is 105 cm³/mol. The van der Waals surface area contributed by atoms with E-state index in [1.165, 1.54) is 51.4 Å². The molecule has 0 aliphatic heterocycles. The van der Waals surface area contributed by atoms with Gasteiger partial charge in [-0.1, -0.05) is 20.3 Å². The largest absolute Gasteiger partial charge is 0.459 e. The highest BCUT2D eigenvalue weighted by Crippen LogP contribution is 2.66. The number of ether oxygens (including phenoxy) is 1. The summed E-state index contributed by atoms with van der Waals surface area (Å²) in [6.45, 7) is 7.10. The van der Waals surface area contributed by atoms with Crippen LogP contribution in [0.1, 0.15) is 85.0 Å². The van der Waals surface area contributed by atoms with Crippen molar-refractivity contribution < 1.29 is 14.3 Å². The summed E-state index contributed by atoms with van der Waals surface area (Å²) in [5.41, 5.74) is 1.05. The summed E-state index contributed by atoms with van der Waals surface area (Å²) in [5.74, 6) is 2.15. The molecule has 0 saturated heterocycles. The Balaban J connectivity index is 1.42. The average molecular weight is 376 g/mol. The maximum atomic E-state index is 12.0. The van der Waals surface area contributed by atoms with Crippen LogP contribution in [0.25, 0.3) is 0 Å². The molecule has 4 saturated carbocycles. The molecule has 0 heterocycles. The van der Waals surface area contributed by atoms with Crippen molar-refractivity contribution in [3.8, 4) is 0 Å². The Morgan fingerprint density at radius 3 is 2.59 bits per heavy atom. The summed E-state index contributed by atoms with van der Waals surface area (Å²) in [7, 11) is 0. The van der Waals surface area contributed by atoms with E-state index in [4.69, 9.17) is 4.74 Å². The minimum Gasteiger partial charge on any atom is -0.459 e. The van der Waals surface area contributed by atoms with Gasteiger partial charge in [0, 0.05) is 6.04 Å². The fourth-order valence-electron chi connectivity index (χ4n) is 7.82. The van der Waals surface area contributed by atoms with Crippen LogP contribution in [-0.2, 0) is 14.3 Å². The molecule has 0 aromatic heterocycles. The van der Waals surface area contributed by atoms with E-state index in [1.54, 1.807) is 6.92 Å². The van der Waals surface area contributed by atoms with E-state index in [0.29, 0.717) is 16.7 Å². The molecule has 27 heavy (non-hydrogen) atoms. The van der Waals surface area contributed by atoms with Gasteiger partial charge < -0.3 is 10.1 Å². The van der Waals surface area contributed by atoms with Gasteiger partial charge in [-0.2, -0.15) is 0 Å². The van der Waals surface area contributed by atoms with Crippen molar-refractivity contribution in [3.63, 3.8) is 0 Å². The number of carbonyl (C=O) groups excluding carboxylic acids is 2. The van der Waals surface area contributed by atoms with Gasteiger partial charge in [-0.25, -0.2) is 4.79 Å². The number of rotatable bonds is 2. The molecule has 1 amide bonds. The minimum atomic E-state index is -0.734. The quantitative estimate of drug-likeness (QED) is 0.572. The number of carbonyl (C=O) groups is 2. The number of amides is 1. The van der Waals surface area contributed by atoms with Gasteiger partial charge in [0.2, 0.25) is 0 Å². The lowest BCUT2D eigenvalue weighted by Crippen LogP contribution is -2.55. The smallest absolute Gasteiger partial charge is 0.396 e. The highest BCUT2D eigenvalue weighted by molar-refractivity contribution is 6.32. The number of hydrogen-bond donors (Lipinski definition) is 1. The molecule has 0 unspecified atom stereocenters. The van der Waals surface area contributed by atoms with E-state index in [2.05, 4.69) is 19.2 Å². The lowest BCUT2D eigenvalue weighted by Gasteiger charge is -2.60. The van der Waals surface area contributed by atoms with Crippen molar-refractivity contribution in [2.24, 2.45) is 34.5 Å². The molecule has 152 valence electrons. The van der Waals surface area contributed by atoms with Gasteiger partial charge in [0.25, 0.3) is 0 Å². The molecule has 0 bridgehead atoms. The predicted octanol–water partition coefficient (Wildman–Crippen LogP) is 4.47. The molecular formula is C23H37NO3. The summed E-state index contributed by atoms with van der Waals surface area (Å²) < 4.78 is 4.84. The van der Waals surface area contributed by atoms with E-state index >= 15 is 0 Å². The Morgan fingerprint density at radius 2 is 1.81 bits per heavy atom. The highest BCUT2D eigenvalue weighted by atomic mass is 16.5. The van der Waals surface area contributed by atoms with E-state index in [1.807, 2.05) is 0 Å². The van der Waals surface area contributed by atoms with Gasteiger partial charge in [-0.05, 0) is 99.2 Å². The summed E-state index contributed by atoms with van der Waals surface area (Å²) in [4.78, 5) is 23.7. The molecule has 4 fully saturated rings. The molecule has 1 N–H and O–H groups in total. The first-order valence-electron chi connectivity index (χ1n) is 11.3. The van der Waals surface area contributed by atoms with Gasteiger partial charge in [0.1, 0.15) is 0 Å². The lowest BCUT2D eigenvalue weighted by molar-refractivity contribution is -0.155. The van der Waals surface area contributed by atoms with Crippen LogP contribution in [0.4, 0.5) is 0 Å². The zero-order valence-electron chi connectivity index (χ0n) is 17.4. The molecule has 4 nitrogen and oxygen atoms in total. The van der Waals surface area contributed by atoms with E-state index in [9.17, 15) is 9.59 Å². The Morgan fingerprint density at radius 1 is 1.00 bits per heavy atom. The molecule has 0 radical (unpaired) electrons. The fraction of sp³-hybridized carbons (Fsp3) is 0.913. The van der Waals surface area contributed by atoms with Gasteiger partial charge in [0.05, 0.1) is 6.61 Å². The average Bonchev–Trinajstić information content (AvgIpc) is 3.04. The SMILES string of the molecule is CCOC(=O)C(=O)N[C@@H]1CC[C@@]2(C)[C@H](CC[C@H]3[C@@H]4CCC[C@@]4(C)CC[C@@H]32)C1. The molecule has 4 aliphatic rings. The second-order valence-corrected chi connectivity index (χ2v) is 10.4. The Kier molecular flexibility index (Phi) is 5.05. The monoisotopic (exact) mass is 375 g/mol. The molecule has 4 rings (SSSR count). The van der Waals surface area contributed by atoms with Crippen LogP contribution in [0.2, 0.25) is 0 Å². The number of nitrogens with one attached hydrogen (secondary N) is 1. The first-order valence-corrected chi connectivity index (χ1v) is 11.3. The standard InChI is InChI=1S/C23H37NO3/c1-4-27-21(26)20(25)24-16-9-13-23(3)15(14-16)7-8-17-18-6-5-11-22(18,2)12-10-19(17)23/h15-19H,4-14H2,1-3H3,(H,24,25)/t15-,16-,17+,18+,19+,22+,23+/m1/s1. The van der Waals surface area contributed by atoms with Crippen LogP contribution in [0.5, 0.6) is 0 Å². The van der Waals surface area contributed by atoms with E-state index < -0.39 is 11.9 Å². The van der Waals surface area contributed by atoms with Crippen molar-refractivity contribution in [1.82, 2.24) is 5.32 Å². The van der Waals surface area contributed by atoms with Crippen LogP contribution < -0.4 is 5.32 Å². The van der Waals surface area contributed by atoms with E-state index in [-0.39, 0.29) is 12.6 Å². The number of fused-ring (bicyclic) bond motifs is 5. The molecule has 0 aromatic rings. The van der Waals surface area contributed by atoms with Crippen molar-refractivity contribution in [3.05, 3.63) is 0 Å². The first kappa shape index (κ1) is 19.3. The third-order valence-electron chi connectivity index (χ3n) is 9.24. The second kappa shape index (κ2) is 7.08. The van der Waals surface area contributed by atoms with Crippen LogP contribution in [-0.4, -0.2) is 24.5 Å². The molecule has 0 spiro atoms. The number of esters is 1. The number of hydrogen-bond acceptors (Lipinski definition) is 3. The molecule has 7 atom stereocenters. The van der Waals surface area contributed by atoms with Crippen LogP contribution in [0.3, 0.4) is 0 Å². The van der Waals surface area contributed by atoms with Crippen LogP contribution in [0, 0.1) is 34.5 Å². The van der Waals surface area contributed by atoms with Crippen molar-refractivity contribution in [1.29, 1.82) is 0 Å². The molecule has 0 aromatic carbocycles. The molecule has 4 heteroatoms. The molecular weight excluding hydrogens is 338 g/mol. The second-order valence-electron chi connectivity index (χ2n) is 10.4. The minimum absolute atomic E-state index is 0.136. The Labute approximate surface area is 164 Å². The van der Waals surface area contributed by atoms with Gasteiger partial charge in [-0.3, -0.25) is 4.79 Å². The topological polar surface area (TPSA) is 55.4 Å². The van der Waals surface area contributed by atoms with Gasteiger partial charge in [-0.15, -0.1) is 0 Å². The summed E-state index contributed by atoms with van der Waals surface area (Å²) in [6.07, 6.45) is 13.1. The third-order valence-corrected chi connectivity index (χ3v) is 9.24. The summed E-state index contributed by atoms with van der Waals surface area (Å²) >= 11 is 0. The summed E-state index contributed by atoms with van der Waals surface area (Å²) in [6, 6.07) is 0.136.